The van der Waals surface area contributed by atoms with Crippen LogP contribution in [0.3, 0.4) is 0 Å². The molecular weight excluding hydrogens is 548 g/mol. The summed E-state index contributed by atoms with van der Waals surface area (Å²) in [5, 5.41) is 24.7. The standard InChI is InChI=1S/C31H42O11/c1-16(2)25(35)41-26-27(4,5)19(12-21(32)38-7)17(3)23(34)29(26)15-30(36)20-13-22(33)40-24(18-8-11-39-14-18)28(20,6)9-10-31(30,37)42-29/h8,11,14,16-17,19-20,24,26,36-37H,9-10,12-13,15H2,1-7H3/t17-,19-,20?,24+,26+,28-,29+,30+,31+/m1/s1. The van der Waals surface area contributed by atoms with Crippen LogP contribution in [0.1, 0.15) is 85.3 Å². The highest BCUT2D eigenvalue weighted by molar-refractivity contribution is 5.93. The molecule has 232 valence electrons. The van der Waals surface area contributed by atoms with Crippen molar-refractivity contribution in [1.82, 2.24) is 0 Å². The van der Waals surface area contributed by atoms with Crippen LogP contribution in [-0.2, 0) is 38.1 Å². The predicted molar refractivity (Wildman–Crippen MR) is 144 cm³/mol. The molecule has 1 aromatic rings. The monoisotopic (exact) mass is 590 g/mol. The Bertz CT molecular complexity index is 1270. The quantitative estimate of drug-likeness (QED) is 0.383. The van der Waals surface area contributed by atoms with E-state index in [1.807, 2.05) is 6.92 Å². The molecule has 0 radical (unpaired) electrons. The maximum atomic E-state index is 14.5. The lowest BCUT2D eigenvalue weighted by molar-refractivity contribution is -0.338. The van der Waals surface area contributed by atoms with E-state index in [-0.39, 0.29) is 19.3 Å². The number of furan rings is 1. The summed E-state index contributed by atoms with van der Waals surface area (Å²) in [5.41, 5.74) is -5.27. The molecule has 4 aliphatic rings. The van der Waals surface area contributed by atoms with Gasteiger partial charge in [0.1, 0.15) is 17.8 Å². The highest BCUT2D eigenvalue weighted by atomic mass is 16.7. The summed E-state index contributed by atoms with van der Waals surface area (Å²) >= 11 is 0. The van der Waals surface area contributed by atoms with E-state index in [0.29, 0.717) is 12.0 Å². The summed E-state index contributed by atoms with van der Waals surface area (Å²) in [4.78, 5) is 53.0. The fourth-order valence-corrected chi connectivity index (χ4v) is 8.48. The molecular formula is C31H42O11. The number of aliphatic hydroxyl groups is 2. The lowest BCUT2D eigenvalue weighted by Crippen LogP contribution is -2.67. The summed E-state index contributed by atoms with van der Waals surface area (Å²) in [6, 6.07) is 1.70. The second kappa shape index (κ2) is 9.89. The molecule has 11 nitrogen and oxygen atoms in total. The second-order valence-electron chi connectivity index (χ2n) is 13.9. The topological polar surface area (TPSA) is 159 Å². The van der Waals surface area contributed by atoms with Crippen molar-refractivity contribution in [2.45, 2.75) is 103 Å². The van der Waals surface area contributed by atoms with E-state index in [0.717, 1.165) is 0 Å². The molecule has 5 rings (SSSR count). The van der Waals surface area contributed by atoms with Gasteiger partial charge >= 0.3 is 17.9 Å². The van der Waals surface area contributed by atoms with Crippen LogP contribution in [0.15, 0.2) is 23.0 Å². The van der Waals surface area contributed by atoms with Crippen molar-refractivity contribution < 1.29 is 52.8 Å². The first kappa shape index (κ1) is 30.7. The van der Waals surface area contributed by atoms with Crippen molar-refractivity contribution in [2.75, 3.05) is 7.11 Å². The van der Waals surface area contributed by atoms with Gasteiger partial charge in [0, 0.05) is 47.5 Å². The van der Waals surface area contributed by atoms with Crippen molar-refractivity contribution in [3.63, 3.8) is 0 Å². The summed E-state index contributed by atoms with van der Waals surface area (Å²) in [6.07, 6.45) is 0.448. The first-order valence-corrected chi connectivity index (χ1v) is 14.6. The summed E-state index contributed by atoms with van der Waals surface area (Å²) in [6.45, 7) is 10.5. The Labute approximate surface area is 245 Å². The summed E-state index contributed by atoms with van der Waals surface area (Å²) in [7, 11) is 1.27. The zero-order valence-electron chi connectivity index (χ0n) is 25.3. The van der Waals surface area contributed by atoms with Crippen LogP contribution in [0.2, 0.25) is 0 Å². The molecule has 1 aromatic heterocycles. The van der Waals surface area contributed by atoms with Crippen molar-refractivity contribution in [1.29, 1.82) is 0 Å². The first-order valence-electron chi connectivity index (χ1n) is 14.6. The largest absolute Gasteiger partial charge is 0.472 e. The van der Waals surface area contributed by atoms with Gasteiger partial charge in [-0.1, -0.05) is 41.5 Å². The van der Waals surface area contributed by atoms with E-state index >= 15 is 0 Å². The molecule has 2 saturated carbocycles. The number of hydrogen-bond donors (Lipinski definition) is 2. The number of carbonyl (C=O) groups excluding carboxylic acids is 4. The van der Waals surface area contributed by atoms with Gasteiger partial charge in [-0.2, -0.15) is 0 Å². The molecule has 2 aliphatic heterocycles. The number of ketones is 1. The number of methoxy groups -OCH3 is 1. The van der Waals surface area contributed by atoms with Crippen LogP contribution >= 0.6 is 0 Å². The van der Waals surface area contributed by atoms with Gasteiger partial charge in [0.2, 0.25) is 0 Å². The zero-order chi connectivity index (χ0) is 31.0. The second-order valence-corrected chi connectivity index (χ2v) is 13.9. The van der Waals surface area contributed by atoms with Gasteiger partial charge in [0.05, 0.1) is 32.0 Å². The van der Waals surface area contributed by atoms with Gasteiger partial charge in [0.15, 0.2) is 17.2 Å². The molecule has 11 heteroatoms. The van der Waals surface area contributed by atoms with Gasteiger partial charge < -0.3 is 33.6 Å². The number of esters is 3. The molecule has 0 aromatic carbocycles. The lowest BCUT2D eigenvalue weighted by atomic mass is 9.50. The van der Waals surface area contributed by atoms with Crippen LogP contribution < -0.4 is 0 Å². The molecule has 2 N–H and O–H groups in total. The van der Waals surface area contributed by atoms with E-state index in [1.54, 1.807) is 40.7 Å². The summed E-state index contributed by atoms with van der Waals surface area (Å²) in [5.74, 6) is -7.16. The Kier molecular flexibility index (Phi) is 7.22. The number of ether oxygens (including phenoxy) is 4. The Morgan fingerprint density at radius 2 is 1.83 bits per heavy atom. The minimum Gasteiger partial charge on any atom is -0.472 e. The van der Waals surface area contributed by atoms with E-state index in [2.05, 4.69) is 0 Å². The highest BCUT2D eigenvalue weighted by Gasteiger charge is 2.80. The van der Waals surface area contributed by atoms with E-state index < -0.39 is 93.8 Å². The molecule has 2 saturated heterocycles. The van der Waals surface area contributed by atoms with E-state index in [4.69, 9.17) is 23.4 Å². The zero-order valence-corrected chi connectivity index (χ0v) is 25.3. The molecule has 9 atom stereocenters. The molecule has 0 bridgehead atoms. The molecule has 1 spiro atoms. The number of fused-ring (bicyclic) bond motifs is 3. The fourth-order valence-electron chi connectivity index (χ4n) is 8.48. The summed E-state index contributed by atoms with van der Waals surface area (Å²) < 4.78 is 28.4. The third-order valence-electron chi connectivity index (χ3n) is 10.8. The minimum absolute atomic E-state index is 0.0668. The highest BCUT2D eigenvalue weighted by Crippen LogP contribution is 2.68. The van der Waals surface area contributed by atoms with Crippen LogP contribution in [0, 0.1) is 34.5 Å². The third kappa shape index (κ3) is 4.17. The number of rotatable bonds is 5. The average molecular weight is 591 g/mol. The van der Waals surface area contributed by atoms with Crippen molar-refractivity contribution in [3.05, 3.63) is 24.2 Å². The van der Waals surface area contributed by atoms with Gasteiger partial charge in [0.25, 0.3) is 0 Å². The van der Waals surface area contributed by atoms with Crippen LogP contribution in [0.5, 0.6) is 0 Å². The van der Waals surface area contributed by atoms with Gasteiger partial charge in [-0.3, -0.25) is 19.2 Å². The Balaban J connectivity index is 1.63. The van der Waals surface area contributed by atoms with Crippen molar-refractivity contribution >= 4 is 23.7 Å². The van der Waals surface area contributed by atoms with Gasteiger partial charge in [-0.25, -0.2) is 0 Å². The first-order chi connectivity index (χ1) is 19.5. The maximum absolute atomic E-state index is 14.5. The van der Waals surface area contributed by atoms with Crippen LogP contribution in [-0.4, -0.2) is 64.1 Å². The van der Waals surface area contributed by atoms with Crippen molar-refractivity contribution in [2.24, 2.45) is 34.5 Å². The molecule has 3 heterocycles. The Morgan fingerprint density at radius 1 is 1.14 bits per heavy atom. The number of hydrogen-bond acceptors (Lipinski definition) is 11. The molecule has 2 aliphatic carbocycles. The number of cyclic esters (lactones) is 1. The average Bonchev–Trinajstić information content (AvgIpc) is 3.54. The Morgan fingerprint density at radius 3 is 2.43 bits per heavy atom. The van der Waals surface area contributed by atoms with Crippen LogP contribution in [0.4, 0.5) is 0 Å². The van der Waals surface area contributed by atoms with Crippen LogP contribution in [0.25, 0.3) is 0 Å². The van der Waals surface area contributed by atoms with Gasteiger partial charge in [-0.15, -0.1) is 0 Å². The normalized spacial score (nSPS) is 42.6. The smallest absolute Gasteiger partial charge is 0.308 e. The van der Waals surface area contributed by atoms with Crippen molar-refractivity contribution in [3.8, 4) is 0 Å². The molecule has 0 amide bonds. The maximum Gasteiger partial charge on any atom is 0.308 e. The van der Waals surface area contributed by atoms with E-state index in [9.17, 15) is 29.4 Å². The molecule has 42 heavy (non-hydrogen) atoms. The Hall–Kier alpha value is -2.76. The fraction of sp³-hybridized carbons (Fsp3) is 0.742. The van der Waals surface area contributed by atoms with E-state index in [1.165, 1.54) is 19.6 Å². The predicted octanol–water partition coefficient (Wildman–Crippen LogP) is 3.25. The third-order valence-corrected chi connectivity index (χ3v) is 10.8. The SMILES string of the molecule is COC(=O)C[C@@H]1[C@@H](C)C(=O)[C@@]2(C[C@]3(O)C4CC(=O)O[C@@H](c5ccoc5)[C@]4(C)CC[C@]3(O)O2)[C@@H](OC(=O)C(C)C)C1(C)C. The molecule has 4 fully saturated rings. The minimum atomic E-state index is -2.22. The van der Waals surface area contributed by atoms with Gasteiger partial charge in [-0.05, 0) is 18.4 Å². The number of Topliss-reactive ketones (excluding diaryl/α,β-unsaturated/α-hetero) is 1. The molecule has 1 unspecified atom stereocenters. The lowest BCUT2D eigenvalue weighted by Gasteiger charge is -2.58. The number of carbonyl (C=O) groups is 4.